The number of nitrogens with one attached hydrogen (secondary N) is 1. The van der Waals surface area contributed by atoms with Gasteiger partial charge in [0.1, 0.15) is 5.75 Å². The Hall–Kier alpha value is -2.04. The van der Waals surface area contributed by atoms with Crippen LogP contribution in [0.2, 0.25) is 10.0 Å². The van der Waals surface area contributed by atoms with Gasteiger partial charge in [-0.2, -0.15) is 0 Å². The van der Waals surface area contributed by atoms with E-state index in [1.807, 2.05) is 0 Å². The number of hydrogen-bond acceptors (Lipinski definition) is 3. The molecule has 1 N–H and O–H groups in total. The molecule has 1 amide bonds. The van der Waals surface area contributed by atoms with E-state index in [9.17, 15) is 9.59 Å². The van der Waals surface area contributed by atoms with Gasteiger partial charge in [0, 0.05) is 12.6 Å². The summed E-state index contributed by atoms with van der Waals surface area (Å²) in [6.45, 7) is 1.41. The fourth-order valence-electron chi connectivity index (χ4n) is 1.63. The molecule has 0 unspecified atom stereocenters. The van der Waals surface area contributed by atoms with Crippen molar-refractivity contribution < 1.29 is 14.3 Å². The molecule has 2 rings (SSSR count). The molecule has 0 aliphatic rings. The number of rotatable bonds is 3. The summed E-state index contributed by atoms with van der Waals surface area (Å²) < 4.78 is 5.20. The van der Waals surface area contributed by atoms with Crippen LogP contribution in [-0.4, -0.2) is 11.9 Å². The fraction of sp³-hybridized carbons (Fsp3) is 0.0667. The summed E-state index contributed by atoms with van der Waals surface area (Å²) in [4.78, 5) is 22.9. The number of esters is 1. The SMILES string of the molecule is CC(=O)Nc1ccc(OC(=O)c2cccc(Cl)c2Cl)cc1. The van der Waals surface area contributed by atoms with Crippen molar-refractivity contribution >= 4 is 40.8 Å². The van der Waals surface area contributed by atoms with Crippen molar-refractivity contribution in [2.24, 2.45) is 0 Å². The number of hydrogen-bond donors (Lipinski definition) is 1. The van der Waals surface area contributed by atoms with Crippen LogP contribution in [0.1, 0.15) is 17.3 Å². The number of carbonyl (C=O) groups is 2. The average molecular weight is 324 g/mol. The molecule has 0 aromatic heterocycles. The first kappa shape index (κ1) is 15.4. The highest BCUT2D eigenvalue weighted by atomic mass is 35.5. The van der Waals surface area contributed by atoms with Crippen molar-refractivity contribution in [1.82, 2.24) is 0 Å². The lowest BCUT2D eigenvalue weighted by Gasteiger charge is -2.07. The Labute approximate surface area is 131 Å². The molecule has 0 heterocycles. The van der Waals surface area contributed by atoms with Gasteiger partial charge in [0.05, 0.1) is 15.6 Å². The summed E-state index contributed by atoms with van der Waals surface area (Å²) in [5.41, 5.74) is 0.804. The molecule has 0 fully saturated rings. The average Bonchev–Trinajstić information content (AvgIpc) is 2.43. The number of carbonyl (C=O) groups excluding carboxylic acids is 2. The second-order valence-corrected chi connectivity index (χ2v) is 4.98. The molecule has 21 heavy (non-hydrogen) atoms. The van der Waals surface area contributed by atoms with E-state index in [2.05, 4.69) is 5.32 Å². The van der Waals surface area contributed by atoms with Crippen LogP contribution in [0.3, 0.4) is 0 Å². The zero-order chi connectivity index (χ0) is 15.4. The molecule has 0 saturated carbocycles. The summed E-state index contributed by atoms with van der Waals surface area (Å²) in [7, 11) is 0. The van der Waals surface area contributed by atoms with Crippen molar-refractivity contribution in [3.63, 3.8) is 0 Å². The van der Waals surface area contributed by atoms with Crippen LogP contribution in [-0.2, 0) is 4.79 Å². The third-order valence-electron chi connectivity index (χ3n) is 2.56. The Balaban J connectivity index is 2.12. The van der Waals surface area contributed by atoms with E-state index in [1.165, 1.54) is 13.0 Å². The van der Waals surface area contributed by atoms with Crippen LogP contribution in [0.4, 0.5) is 5.69 Å². The van der Waals surface area contributed by atoms with Gasteiger partial charge in [0.2, 0.25) is 5.91 Å². The van der Waals surface area contributed by atoms with Crippen molar-refractivity contribution in [1.29, 1.82) is 0 Å². The lowest BCUT2D eigenvalue weighted by molar-refractivity contribution is -0.114. The van der Waals surface area contributed by atoms with E-state index in [0.29, 0.717) is 11.4 Å². The zero-order valence-electron chi connectivity index (χ0n) is 11.0. The van der Waals surface area contributed by atoms with E-state index >= 15 is 0 Å². The van der Waals surface area contributed by atoms with E-state index in [0.717, 1.165) is 0 Å². The maximum absolute atomic E-state index is 12.0. The quantitative estimate of drug-likeness (QED) is 0.681. The van der Waals surface area contributed by atoms with E-state index in [4.69, 9.17) is 27.9 Å². The molecular weight excluding hydrogens is 313 g/mol. The van der Waals surface area contributed by atoms with E-state index < -0.39 is 5.97 Å². The standard InChI is InChI=1S/C15H11Cl2NO3/c1-9(19)18-10-5-7-11(8-6-10)21-15(20)12-3-2-4-13(16)14(12)17/h2-8H,1H3,(H,18,19). The number of benzene rings is 2. The van der Waals surface area contributed by atoms with Crippen LogP contribution in [0, 0.1) is 0 Å². The molecule has 0 aliphatic heterocycles. The second-order valence-electron chi connectivity index (χ2n) is 4.20. The van der Waals surface area contributed by atoms with Crippen LogP contribution in [0.15, 0.2) is 42.5 Å². The van der Waals surface area contributed by atoms with Gasteiger partial charge < -0.3 is 10.1 Å². The molecule has 2 aromatic carbocycles. The van der Waals surface area contributed by atoms with Gasteiger partial charge in [0.15, 0.2) is 0 Å². The van der Waals surface area contributed by atoms with Crippen LogP contribution < -0.4 is 10.1 Å². The van der Waals surface area contributed by atoms with Crippen molar-refractivity contribution in [2.45, 2.75) is 6.92 Å². The maximum Gasteiger partial charge on any atom is 0.345 e. The summed E-state index contributed by atoms with van der Waals surface area (Å²) in [6.07, 6.45) is 0. The lowest BCUT2D eigenvalue weighted by Crippen LogP contribution is -2.09. The minimum Gasteiger partial charge on any atom is -0.423 e. The van der Waals surface area contributed by atoms with Gasteiger partial charge in [-0.25, -0.2) is 4.79 Å². The Morgan fingerprint density at radius 3 is 2.33 bits per heavy atom. The van der Waals surface area contributed by atoms with Gasteiger partial charge >= 0.3 is 5.97 Å². The van der Waals surface area contributed by atoms with Gasteiger partial charge in [-0.3, -0.25) is 4.79 Å². The topological polar surface area (TPSA) is 55.4 Å². The normalized spacial score (nSPS) is 10.0. The highest BCUT2D eigenvalue weighted by molar-refractivity contribution is 6.43. The number of halogens is 2. The first-order chi connectivity index (χ1) is 9.97. The lowest BCUT2D eigenvalue weighted by atomic mass is 10.2. The minimum atomic E-state index is -0.602. The second kappa shape index (κ2) is 6.61. The monoisotopic (exact) mass is 323 g/mol. The Bertz CT molecular complexity index is 684. The van der Waals surface area contributed by atoms with E-state index in [-0.39, 0.29) is 21.5 Å². The summed E-state index contributed by atoms with van der Waals surface area (Å²) >= 11 is 11.8. The van der Waals surface area contributed by atoms with Gasteiger partial charge in [-0.05, 0) is 36.4 Å². The van der Waals surface area contributed by atoms with Crippen molar-refractivity contribution in [3.8, 4) is 5.75 Å². The molecule has 4 nitrogen and oxygen atoms in total. The molecule has 0 bridgehead atoms. The minimum absolute atomic E-state index is 0.152. The van der Waals surface area contributed by atoms with Crippen LogP contribution >= 0.6 is 23.2 Å². The van der Waals surface area contributed by atoms with Gasteiger partial charge in [-0.15, -0.1) is 0 Å². The highest BCUT2D eigenvalue weighted by Gasteiger charge is 2.14. The van der Waals surface area contributed by atoms with E-state index in [1.54, 1.807) is 36.4 Å². The Morgan fingerprint density at radius 1 is 1.05 bits per heavy atom. The largest absolute Gasteiger partial charge is 0.423 e. The number of amides is 1. The molecule has 0 atom stereocenters. The third-order valence-corrected chi connectivity index (χ3v) is 3.38. The first-order valence-corrected chi connectivity index (χ1v) is 6.77. The number of anilines is 1. The summed E-state index contributed by atoms with van der Waals surface area (Å²) in [6, 6.07) is 11.1. The maximum atomic E-state index is 12.0. The first-order valence-electron chi connectivity index (χ1n) is 6.01. The molecule has 0 aliphatic carbocycles. The molecule has 108 valence electrons. The fourth-order valence-corrected chi connectivity index (χ4v) is 2.01. The van der Waals surface area contributed by atoms with Gasteiger partial charge in [0.25, 0.3) is 0 Å². The van der Waals surface area contributed by atoms with Crippen LogP contribution in [0.5, 0.6) is 5.75 Å². The number of ether oxygens (including phenoxy) is 1. The predicted octanol–water partition coefficient (Wildman–Crippen LogP) is 4.17. The Morgan fingerprint density at radius 2 is 1.71 bits per heavy atom. The van der Waals surface area contributed by atoms with Crippen LogP contribution in [0.25, 0.3) is 0 Å². The summed E-state index contributed by atoms with van der Waals surface area (Å²) in [5, 5.41) is 3.05. The molecule has 6 heteroatoms. The Kier molecular flexibility index (Phi) is 4.83. The molecule has 0 radical (unpaired) electrons. The smallest absolute Gasteiger partial charge is 0.345 e. The summed E-state index contributed by atoms with van der Waals surface area (Å²) in [5.74, 6) is -0.439. The molecular formula is C15H11Cl2NO3. The molecule has 0 saturated heterocycles. The van der Waals surface area contributed by atoms with Gasteiger partial charge in [-0.1, -0.05) is 29.3 Å². The van der Waals surface area contributed by atoms with Crippen molar-refractivity contribution in [2.75, 3.05) is 5.32 Å². The zero-order valence-corrected chi connectivity index (χ0v) is 12.5. The van der Waals surface area contributed by atoms with Crippen molar-refractivity contribution in [3.05, 3.63) is 58.1 Å². The third kappa shape index (κ3) is 3.97. The highest BCUT2D eigenvalue weighted by Crippen LogP contribution is 2.26. The predicted molar refractivity (Wildman–Crippen MR) is 82.2 cm³/mol. The molecule has 0 spiro atoms. The molecule has 2 aromatic rings.